The fourth-order valence-corrected chi connectivity index (χ4v) is 5.00. The average molecular weight is 392 g/mol. The number of aryl methyl sites for hydroxylation is 1. The van der Waals surface area contributed by atoms with Crippen molar-refractivity contribution in [3.05, 3.63) is 38.5 Å². The standard InChI is InChI=1S/C13H14BrNO4S2/c1-8-7-20-12(6-16)13(8)21(17,18)15-10-5-9(14)3-4-11(10)19-2/h3-5,7,15-16H,6H2,1-2H3. The molecule has 0 bridgehead atoms. The third-order valence-electron chi connectivity index (χ3n) is 2.81. The van der Waals surface area contributed by atoms with E-state index in [0.717, 1.165) is 4.47 Å². The summed E-state index contributed by atoms with van der Waals surface area (Å²) in [6, 6.07) is 5.04. The number of halogens is 1. The molecule has 0 aliphatic rings. The monoisotopic (exact) mass is 391 g/mol. The van der Waals surface area contributed by atoms with E-state index < -0.39 is 10.0 Å². The van der Waals surface area contributed by atoms with Crippen molar-refractivity contribution in [2.75, 3.05) is 11.8 Å². The predicted octanol–water partition coefficient (Wildman–Crippen LogP) is 3.12. The summed E-state index contributed by atoms with van der Waals surface area (Å²) in [5.74, 6) is 0.417. The number of ether oxygens (including phenoxy) is 1. The van der Waals surface area contributed by atoms with Gasteiger partial charge in [0.1, 0.15) is 10.6 Å². The second-order valence-electron chi connectivity index (χ2n) is 4.28. The molecule has 0 atom stereocenters. The van der Waals surface area contributed by atoms with E-state index in [1.165, 1.54) is 18.4 Å². The van der Waals surface area contributed by atoms with E-state index in [1.54, 1.807) is 30.5 Å². The topological polar surface area (TPSA) is 75.6 Å². The second kappa shape index (κ2) is 6.35. The van der Waals surface area contributed by atoms with Crippen molar-refractivity contribution in [3.8, 4) is 5.75 Å². The van der Waals surface area contributed by atoms with Crippen LogP contribution in [0.1, 0.15) is 10.4 Å². The first-order valence-electron chi connectivity index (χ1n) is 5.93. The summed E-state index contributed by atoms with van der Waals surface area (Å²) in [5, 5.41) is 11.0. The van der Waals surface area contributed by atoms with Crippen LogP contribution >= 0.6 is 27.3 Å². The lowest BCUT2D eigenvalue weighted by Crippen LogP contribution is -2.15. The molecule has 0 aliphatic carbocycles. The van der Waals surface area contributed by atoms with E-state index in [2.05, 4.69) is 20.7 Å². The molecule has 0 fully saturated rings. The summed E-state index contributed by atoms with van der Waals surface area (Å²) in [7, 11) is -2.32. The maximum absolute atomic E-state index is 12.6. The van der Waals surface area contributed by atoms with Crippen molar-refractivity contribution in [2.45, 2.75) is 18.4 Å². The van der Waals surface area contributed by atoms with Gasteiger partial charge in [0.15, 0.2) is 0 Å². The Morgan fingerprint density at radius 3 is 2.76 bits per heavy atom. The average Bonchev–Trinajstić information content (AvgIpc) is 2.80. The minimum absolute atomic E-state index is 0.122. The third kappa shape index (κ3) is 3.39. The molecule has 2 aromatic rings. The number of benzene rings is 1. The van der Waals surface area contributed by atoms with E-state index in [9.17, 15) is 13.5 Å². The van der Waals surface area contributed by atoms with Crippen LogP contribution < -0.4 is 9.46 Å². The fraction of sp³-hybridized carbons (Fsp3) is 0.231. The van der Waals surface area contributed by atoms with Gasteiger partial charge in [-0.2, -0.15) is 0 Å². The molecule has 0 unspecified atom stereocenters. The maximum Gasteiger partial charge on any atom is 0.263 e. The molecule has 0 spiro atoms. The van der Waals surface area contributed by atoms with Gasteiger partial charge in [-0.15, -0.1) is 11.3 Å². The molecular formula is C13H14BrNO4S2. The van der Waals surface area contributed by atoms with Crippen molar-refractivity contribution in [2.24, 2.45) is 0 Å². The minimum Gasteiger partial charge on any atom is -0.495 e. The van der Waals surface area contributed by atoms with Gasteiger partial charge in [-0.25, -0.2) is 8.42 Å². The number of aliphatic hydroxyl groups excluding tert-OH is 1. The number of thiophene rings is 1. The lowest BCUT2D eigenvalue weighted by Gasteiger charge is -2.13. The number of nitrogens with one attached hydrogen (secondary N) is 1. The Labute approximate surface area is 135 Å². The molecule has 0 saturated carbocycles. The van der Waals surface area contributed by atoms with E-state index in [4.69, 9.17) is 4.74 Å². The molecule has 114 valence electrons. The van der Waals surface area contributed by atoms with Gasteiger partial charge >= 0.3 is 0 Å². The quantitative estimate of drug-likeness (QED) is 0.820. The molecule has 8 heteroatoms. The van der Waals surface area contributed by atoms with Gasteiger partial charge < -0.3 is 9.84 Å². The maximum atomic E-state index is 12.6. The van der Waals surface area contributed by atoms with Gasteiger partial charge in [0, 0.05) is 4.47 Å². The Balaban J connectivity index is 2.47. The summed E-state index contributed by atoms with van der Waals surface area (Å²) < 4.78 is 33.5. The summed E-state index contributed by atoms with van der Waals surface area (Å²) in [4.78, 5) is 0.533. The minimum atomic E-state index is -3.79. The molecule has 1 aromatic carbocycles. The molecule has 2 rings (SSSR count). The number of rotatable bonds is 5. The lowest BCUT2D eigenvalue weighted by atomic mass is 10.3. The highest BCUT2D eigenvalue weighted by Gasteiger charge is 2.24. The fourth-order valence-electron chi connectivity index (χ4n) is 1.91. The summed E-state index contributed by atoms with van der Waals surface area (Å²) in [6.07, 6.45) is 0. The molecular weight excluding hydrogens is 378 g/mol. The molecule has 0 amide bonds. The van der Waals surface area contributed by atoms with Crippen molar-refractivity contribution < 1.29 is 18.3 Å². The number of methoxy groups -OCH3 is 1. The van der Waals surface area contributed by atoms with E-state index >= 15 is 0 Å². The Bertz CT molecular complexity index is 756. The van der Waals surface area contributed by atoms with Crippen LogP contribution in [0, 0.1) is 6.92 Å². The Morgan fingerprint density at radius 1 is 1.43 bits per heavy atom. The Morgan fingerprint density at radius 2 is 2.14 bits per heavy atom. The van der Waals surface area contributed by atoms with Crippen molar-refractivity contribution >= 4 is 43.0 Å². The van der Waals surface area contributed by atoms with Crippen molar-refractivity contribution in [1.29, 1.82) is 0 Å². The smallest absolute Gasteiger partial charge is 0.263 e. The van der Waals surface area contributed by atoms with Crippen LogP contribution in [0.25, 0.3) is 0 Å². The molecule has 0 radical (unpaired) electrons. The van der Waals surface area contributed by atoms with Gasteiger partial charge in [0.05, 0.1) is 24.3 Å². The SMILES string of the molecule is COc1ccc(Br)cc1NS(=O)(=O)c1c(C)csc1CO. The zero-order valence-corrected chi connectivity index (χ0v) is 14.6. The van der Waals surface area contributed by atoms with Crippen molar-refractivity contribution in [3.63, 3.8) is 0 Å². The third-order valence-corrected chi connectivity index (χ3v) is 6.11. The first-order chi connectivity index (χ1) is 9.89. The van der Waals surface area contributed by atoms with Crippen LogP contribution in [-0.4, -0.2) is 20.6 Å². The van der Waals surface area contributed by atoms with Gasteiger partial charge in [0.25, 0.3) is 10.0 Å². The van der Waals surface area contributed by atoms with Gasteiger partial charge in [0.2, 0.25) is 0 Å². The number of hydrogen-bond donors (Lipinski definition) is 2. The molecule has 0 aliphatic heterocycles. The van der Waals surface area contributed by atoms with Crippen LogP contribution in [-0.2, 0) is 16.6 Å². The lowest BCUT2D eigenvalue weighted by molar-refractivity contribution is 0.282. The largest absolute Gasteiger partial charge is 0.495 e. The van der Waals surface area contributed by atoms with Crippen LogP contribution in [0.3, 0.4) is 0 Å². The van der Waals surface area contributed by atoms with Gasteiger partial charge in [-0.1, -0.05) is 15.9 Å². The normalized spacial score (nSPS) is 11.4. The first kappa shape index (κ1) is 16.3. The van der Waals surface area contributed by atoms with E-state index in [1.807, 2.05) is 0 Å². The molecule has 0 saturated heterocycles. The van der Waals surface area contributed by atoms with Crippen molar-refractivity contribution in [1.82, 2.24) is 0 Å². The predicted molar refractivity (Wildman–Crippen MR) is 86.5 cm³/mol. The van der Waals surface area contributed by atoms with E-state index in [-0.39, 0.29) is 11.5 Å². The van der Waals surface area contributed by atoms with E-state index in [0.29, 0.717) is 21.9 Å². The van der Waals surface area contributed by atoms with Gasteiger partial charge in [-0.3, -0.25) is 4.72 Å². The highest BCUT2D eigenvalue weighted by atomic mass is 79.9. The number of anilines is 1. The summed E-state index contributed by atoms with van der Waals surface area (Å²) >= 11 is 4.51. The summed E-state index contributed by atoms with van der Waals surface area (Å²) in [6.45, 7) is 1.38. The highest BCUT2D eigenvalue weighted by Crippen LogP contribution is 2.33. The zero-order chi connectivity index (χ0) is 15.6. The molecule has 5 nitrogen and oxygen atoms in total. The highest BCUT2D eigenvalue weighted by molar-refractivity contribution is 9.10. The second-order valence-corrected chi connectivity index (χ2v) is 7.78. The van der Waals surface area contributed by atoms with Crippen LogP contribution in [0.15, 0.2) is 32.9 Å². The van der Waals surface area contributed by atoms with Crippen LogP contribution in [0.4, 0.5) is 5.69 Å². The first-order valence-corrected chi connectivity index (χ1v) is 9.09. The molecule has 21 heavy (non-hydrogen) atoms. The molecule has 1 aromatic heterocycles. The Hall–Kier alpha value is -1.09. The van der Waals surface area contributed by atoms with Crippen LogP contribution in [0.5, 0.6) is 5.75 Å². The summed E-state index contributed by atoms with van der Waals surface area (Å²) in [5.41, 5.74) is 0.937. The number of aliphatic hydroxyl groups is 1. The Kier molecular flexibility index (Phi) is 4.92. The molecule has 1 heterocycles. The molecule has 2 N–H and O–H groups in total. The van der Waals surface area contributed by atoms with Crippen LogP contribution in [0.2, 0.25) is 0 Å². The number of sulfonamides is 1. The number of hydrogen-bond acceptors (Lipinski definition) is 5. The van der Waals surface area contributed by atoms with Gasteiger partial charge in [-0.05, 0) is 36.1 Å². The zero-order valence-electron chi connectivity index (χ0n) is 11.4.